The van der Waals surface area contributed by atoms with Crippen LogP contribution in [0.25, 0.3) is 11.3 Å². The Kier molecular flexibility index (Phi) is 5.67. The number of aliphatic hydroxyl groups excluding tert-OH is 1. The smallest absolute Gasteiger partial charge is 0.143 e. The Morgan fingerprint density at radius 3 is 2.47 bits per heavy atom. The number of aliphatic hydroxyl groups is 1. The Balaban J connectivity index is 1.89. The summed E-state index contributed by atoms with van der Waals surface area (Å²) < 4.78 is 28.9. The third-order valence-electron chi connectivity index (χ3n) is 6.98. The molecule has 0 unspecified atom stereocenters. The highest BCUT2D eigenvalue weighted by Gasteiger charge is 2.58. The number of aromatic nitrogens is 4. The second-order valence-electron chi connectivity index (χ2n) is 8.85. The number of nitrogens with zero attached hydrogens (tertiary/aromatic N) is 4. The van der Waals surface area contributed by atoms with Gasteiger partial charge in [0.15, 0.2) is 0 Å². The summed E-state index contributed by atoms with van der Waals surface area (Å²) in [6.45, 7) is 8.79. The number of anilines is 1. The highest BCUT2D eigenvalue weighted by atomic mass is 19.1. The van der Waals surface area contributed by atoms with E-state index in [-0.39, 0.29) is 29.2 Å². The molecular formula is C24H27F2N5O. The minimum absolute atomic E-state index is 0.0102. The maximum atomic E-state index is 14.4. The number of hydrogen-bond donors (Lipinski definition) is 2. The molecule has 0 saturated carbocycles. The molecule has 4 rings (SSSR count). The van der Waals surface area contributed by atoms with Crippen LogP contribution >= 0.6 is 0 Å². The molecule has 0 aliphatic heterocycles. The molecular weight excluding hydrogens is 412 g/mol. The van der Waals surface area contributed by atoms with E-state index in [1.165, 1.54) is 18.2 Å². The fourth-order valence-electron chi connectivity index (χ4n) is 4.97. The Bertz CT molecular complexity index is 1130. The number of hydrogen-bond acceptors (Lipinski definition) is 6. The van der Waals surface area contributed by atoms with Gasteiger partial charge < -0.3 is 10.4 Å². The Morgan fingerprint density at radius 2 is 1.81 bits per heavy atom. The van der Waals surface area contributed by atoms with Gasteiger partial charge in [0.25, 0.3) is 0 Å². The van der Waals surface area contributed by atoms with Gasteiger partial charge in [-0.1, -0.05) is 26.8 Å². The van der Waals surface area contributed by atoms with Crippen LogP contribution in [0.3, 0.4) is 0 Å². The van der Waals surface area contributed by atoms with Gasteiger partial charge in [-0.15, -0.1) is 5.10 Å². The molecule has 0 fully saturated rings. The van der Waals surface area contributed by atoms with Crippen molar-refractivity contribution in [3.63, 3.8) is 0 Å². The van der Waals surface area contributed by atoms with E-state index >= 15 is 0 Å². The van der Waals surface area contributed by atoms with E-state index in [0.717, 1.165) is 12.0 Å². The summed E-state index contributed by atoms with van der Waals surface area (Å²) in [5.74, 6) is -0.0804. The quantitative estimate of drug-likeness (QED) is 0.590. The predicted molar refractivity (Wildman–Crippen MR) is 118 cm³/mol. The molecule has 1 aliphatic rings. The fourth-order valence-corrected chi connectivity index (χ4v) is 4.97. The zero-order chi connectivity index (χ0) is 23.1. The molecule has 2 heterocycles. The first-order chi connectivity index (χ1) is 15.3. The summed E-state index contributed by atoms with van der Waals surface area (Å²) in [7, 11) is 0. The summed E-state index contributed by atoms with van der Waals surface area (Å²) in [6, 6.07) is 7.28. The minimum Gasteiger partial charge on any atom is -0.395 e. The van der Waals surface area contributed by atoms with Crippen LogP contribution in [0.15, 0.2) is 36.5 Å². The van der Waals surface area contributed by atoms with Gasteiger partial charge in [-0.2, -0.15) is 5.10 Å². The van der Waals surface area contributed by atoms with Crippen molar-refractivity contribution in [2.24, 2.45) is 5.41 Å². The molecule has 168 valence electrons. The number of halogens is 2. The lowest BCUT2D eigenvalue weighted by atomic mass is 9.63. The van der Waals surface area contributed by atoms with Crippen LogP contribution in [0.4, 0.5) is 14.6 Å². The molecule has 2 N–H and O–H groups in total. The van der Waals surface area contributed by atoms with Crippen molar-refractivity contribution in [1.82, 2.24) is 20.2 Å². The van der Waals surface area contributed by atoms with Crippen molar-refractivity contribution >= 4 is 5.82 Å². The van der Waals surface area contributed by atoms with Crippen molar-refractivity contribution in [3.8, 4) is 11.3 Å². The molecule has 0 spiro atoms. The van der Waals surface area contributed by atoms with E-state index in [4.69, 9.17) is 10.1 Å². The zero-order valence-electron chi connectivity index (χ0n) is 18.7. The fraction of sp³-hybridized carbons (Fsp3) is 0.417. The number of nitrogens with one attached hydrogen (secondary N) is 1. The van der Waals surface area contributed by atoms with Crippen molar-refractivity contribution in [3.05, 3.63) is 65.2 Å². The summed E-state index contributed by atoms with van der Waals surface area (Å²) in [5.41, 5.74) is 0.603. The van der Waals surface area contributed by atoms with Gasteiger partial charge in [0, 0.05) is 12.7 Å². The van der Waals surface area contributed by atoms with Crippen LogP contribution in [-0.2, 0) is 5.41 Å². The van der Waals surface area contributed by atoms with E-state index in [0.29, 0.717) is 23.9 Å². The van der Waals surface area contributed by atoms with Crippen molar-refractivity contribution < 1.29 is 13.9 Å². The summed E-state index contributed by atoms with van der Waals surface area (Å²) in [5, 5.41) is 20.9. The number of rotatable bonds is 6. The van der Waals surface area contributed by atoms with E-state index in [9.17, 15) is 8.78 Å². The second kappa shape index (κ2) is 8.16. The molecule has 3 aromatic rings. The third kappa shape index (κ3) is 3.24. The molecule has 8 heteroatoms. The van der Waals surface area contributed by atoms with Crippen molar-refractivity contribution in [2.45, 2.75) is 45.4 Å². The van der Waals surface area contributed by atoms with E-state index in [1.807, 2.05) is 6.92 Å². The Morgan fingerprint density at radius 1 is 1.09 bits per heavy atom. The first-order valence-electron chi connectivity index (χ1n) is 10.8. The van der Waals surface area contributed by atoms with Crippen molar-refractivity contribution in [1.29, 1.82) is 0 Å². The van der Waals surface area contributed by atoms with Gasteiger partial charge in [0.1, 0.15) is 23.3 Å². The molecule has 1 aromatic carbocycles. The maximum absolute atomic E-state index is 14.4. The summed E-state index contributed by atoms with van der Waals surface area (Å²) in [6.07, 6.45) is 2.49. The Hall–Kier alpha value is -3.00. The van der Waals surface area contributed by atoms with Crippen molar-refractivity contribution in [2.75, 3.05) is 18.5 Å². The Labute approximate surface area is 186 Å². The third-order valence-corrected chi connectivity index (χ3v) is 6.98. The zero-order valence-corrected chi connectivity index (χ0v) is 18.7. The largest absolute Gasteiger partial charge is 0.395 e. The highest BCUT2D eigenvalue weighted by molar-refractivity contribution is 5.63. The lowest BCUT2D eigenvalue weighted by Crippen LogP contribution is -2.40. The van der Waals surface area contributed by atoms with Gasteiger partial charge >= 0.3 is 0 Å². The molecule has 2 aromatic heterocycles. The van der Waals surface area contributed by atoms with Crippen LogP contribution in [0.1, 0.15) is 57.1 Å². The molecule has 0 radical (unpaired) electrons. The van der Waals surface area contributed by atoms with Crippen LogP contribution < -0.4 is 5.32 Å². The first kappa shape index (κ1) is 22.2. The standard InChI is InChI=1S/C24H27F2N5O/c1-5-15-14-13-18(20-16(25)7-6-8-17(20)26)30-31-21(14)24(4,23(15,2)3)22-28-10-9-19(29-22)27-11-12-32/h6-10,13,15,32H,5,11-12H2,1-4H3,(H,27,28,29)/t15-,24+/m0/s1. The monoisotopic (exact) mass is 439 g/mol. The van der Waals surface area contributed by atoms with Crippen LogP contribution in [0.2, 0.25) is 0 Å². The molecule has 1 aliphatic carbocycles. The van der Waals surface area contributed by atoms with Gasteiger partial charge in [0.05, 0.1) is 29.0 Å². The molecule has 0 saturated heterocycles. The lowest BCUT2D eigenvalue weighted by Gasteiger charge is -2.40. The normalized spacial score (nSPS) is 21.4. The summed E-state index contributed by atoms with van der Waals surface area (Å²) >= 11 is 0. The minimum atomic E-state index is -0.681. The number of fused-ring (bicyclic) bond motifs is 1. The van der Waals surface area contributed by atoms with Crippen LogP contribution in [-0.4, -0.2) is 38.4 Å². The molecule has 0 bridgehead atoms. The SMILES string of the molecule is CC[C@H]1c2cc(-c3c(F)cccc3F)nnc2[C@](C)(c2nccc(NCCO)n2)C1(C)C. The van der Waals surface area contributed by atoms with Gasteiger partial charge in [-0.3, -0.25) is 0 Å². The molecule has 32 heavy (non-hydrogen) atoms. The van der Waals surface area contributed by atoms with E-state index in [1.54, 1.807) is 18.3 Å². The van der Waals surface area contributed by atoms with Crippen LogP contribution in [0.5, 0.6) is 0 Å². The molecule has 6 nitrogen and oxygen atoms in total. The van der Waals surface area contributed by atoms with Gasteiger partial charge in [-0.25, -0.2) is 18.7 Å². The van der Waals surface area contributed by atoms with E-state index in [2.05, 4.69) is 41.3 Å². The predicted octanol–water partition coefficient (Wildman–Crippen LogP) is 4.46. The van der Waals surface area contributed by atoms with Crippen LogP contribution in [0, 0.1) is 17.0 Å². The van der Waals surface area contributed by atoms with E-state index < -0.39 is 17.0 Å². The maximum Gasteiger partial charge on any atom is 0.143 e. The second-order valence-corrected chi connectivity index (χ2v) is 8.85. The van der Waals surface area contributed by atoms with Gasteiger partial charge in [-0.05, 0) is 54.5 Å². The average molecular weight is 440 g/mol. The summed E-state index contributed by atoms with van der Waals surface area (Å²) in [4.78, 5) is 9.29. The number of benzene rings is 1. The molecule has 0 amide bonds. The average Bonchev–Trinajstić information content (AvgIpc) is 2.94. The lowest BCUT2D eigenvalue weighted by molar-refractivity contribution is 0.185. The highest BCUT2D eigenvalue weighted by Crippen LogP contribution is 2.61. The van der Waals surface area contributed by atoms with Gasteiger partial charge in [0.2, 0.25) is 0 Å². The first-order valence-corrected chi connectivity index (χ1v) is 10.8. The molecule has 2 atom stereocenters. The topological polar surface area (TPSA) is 83.8 Å².